The number of fused-ring (bicyclic) bond motifs is 3. The van der Waals surface area contributed by atoms with Gasteiger partial charge in [0.15, 0.2) is 5.78 Å². The summed E-state index contributed by atoms with van der Waals surface area (Å²) < 4.78 is 0. The van der Waals surface area contributed by atoms with E-state index in [0.29, 0.717) is 6.42 Å². The van der Waals surface area contributed by atoms with E-state index in [9.17, 15) is 4.79 Å². The van der Waals surface area contributed by atoms with Crippen molar-refractivity contribution in [2.45, 2.75) is 26.7 Å². The Morgan fingerprint density at radius 1 is 1.21 bits per heavy atom. The fourth-order valence-corrected chi connectivity index (χ4v) is 3.17. The number of aryl methyl sites for hydroxylation is 1. The summed E-state index contributed by atoms with van der Waals surface area (Å²) in [5.74, 6) is 0.276. The second kappa shape index (κ2) is 4.53. The molecule has 0 heterocycles. The van der Waals surface area contributed by atoms with Crippen LogP contribution < -0.4 is 0 Å². The summed E-state index contributed by atoms with van der Waals surface area (Å²) in [5.41, 5.74) is 4.57. The van der Waals surface area contributed by atoms with Crippen molar-refractivity contribution < 1.29 is 4.79 Å². The Balaban J connectivity index is 2.49. The number of rotatable bonds is 1. The standard InChI is InChI=1S/C17H16OS/c1-10(19)9-15-11(2)12-5-3-4-6-13(12)17-14(15)7-8-16(17)18/h3-6,9,19H,7-8H2,1-2H3/b10-9-. The van der Waals surface area contributed by atoms with Gasteiger partial charge in [-0.15, -0.1) is 12.6 Å². The Labute approximate surface area is 118 Å². The fourth-order valence-electron chi connectivity index (χ4n) is 3.04. The first-order chi connectivity index (χ1) is 9.09. The highest BCUT2D eigenvalue weighted by Gasteiger charge is 2.25. The molecular weight excluding hydrogens is 252 g/mol. The van der Waals surface area contributed by atoms with Crippen molar-refractivity contribution in [3.05, 3.63) is 51.4 Å². The van der Waals surface area contributed by atoms with Crippen LogP contribution in [0.15, 0.2) is 29.2 Å². The van der Waals surface area contributed by atoms with Crippen LogP contribution in [0.25, 0.3) is 16.8 Å². The third kappa shape index (κ3) is 1.91. The Morgan fingerprint density at radius 2 is 1.89 bits per heavy atom. The smallest absolute Gasteiger partial charge is 0.164 e. The predicted octanol–water partition coefficient (Wildman–Crippen LogP) is 4.57. The van der Waals surface area contributed by atoms with Gasteiger partial charge in [-0.2, -0.15) is 0 Å². The first-order valence-electron chi connectivity index (χ1n) is 6.54. The van der Waals surface area contributed by atoms with E-state index in [2.05, 4.69) is 37.8 Å². The van der Waals surface area contributed by atoms with Crippen LogP contribution in [0, 0.1) is 6.92 Å². The normalized spacial score (nSPS) is 15.1. The average molecular weight is 268 g/mol. The molecule has 2 aromatic carbocycles. The molecule has 1 aliphatic carbocycles. The summed E-state index contributed by atoms with van der Waals surface area (Å²) in [6.07, 6.45) is 3.57. The zero-order chi connectivity index (χ0) is 13.6. The summed E-state index contributed by atoms with van der Waals surface area (Å²) >= 11 is 4.39. The Bertz CT molecular complexity index is 722. The number of carbonyl (C=O) groups excluding carboxylic acids is 1. The number of carbonyl (C=O) groups is 1. The molecule has 0 atom stereocenters. The van der Waals surface area contributed by atoms with E-state index in [4.69, 9.17) is 0 Å². The molecule has 0 aromatic heterocycles. The van der Waals surface area contributed by atoms with Gasteiger partial charge in [-0.25, -0.2) is 0 Å². The highest BCUT2D eigenvalue weighted by Crippen LogP contribution is 2.37. The number of hydrogen-bond donors (Lipinski definition) is 1. The molecule has 0 saturated heterocycles. The molecule has 3 rings (SSSR count). The second-order valence-corrected chi connectivity index (χ2v) is 5.85. The minimum Gasteiger partial charge on any atom is -0.294 e. The zero-order valence-corrected chi connectivity index (χ0v) is 12.1. The maximum absolute atomic E-state index is 12.2. The minimum absolute atomic E-state index is 0.276. The molecule has 96 valence electrons. The van der Waals surface area contributed by atoms with Crippen molar-refractivity contribution in [2.24, 2.45) is 0 Å². The van der Waals surface area contributed by atoms with Gasteiger partial charge < -0.3 is 0 Å². The molecule has 0 aliphatic heterocycles. The highest BCUT2D eigenvalue weighted by atomic mass is 32.1. The van der Waals surface area contributed by atoms with E-state index < -0.39 is 0 Å². The largest absolute Gasteiger partial charge is 0.294 e. The first-order valence-corrected chi connectivity index (χ1v) is 6.99. The molecule has 0 radical (unpaired) electrons. The van der Waals surface area contributed by atoms with Crippen LogP contribution in [0.2, 0.25) is 0 Å². The topological polar surface area (TPSA) is 17.1 Å². The number of Topliss-reactive ketones (excluding diaryl/α,β-unsaturated/α-hetero) is 1. The van der Waals surface area contributed by atoms with Crippen LogP contribution in [0.5, 0.6) is 0 Å². The van der Waals surface area contributed by atoms with Crippen molar-refractivity contribution in [3.8, 4) is 0 Å². The number of thiol groups is 1. The van der Waals surface area contributed by atoms with Crippen LogP contribution in [-0.2, 0) is 6.42 Å². The van der Waals surface area contributed by atoms with Crippen molar-refractivity contribution >= 4 is 35.3 Å². The second-order valence-electron chi connectivity index (χ2n) is 5.15. The van der Waals surface area contributed by atoms with E-state index in [0.717, 1.165) is 22.3 Å². The third-order valence-corrected chi connectivity index (χ3v) is 3.99. The third-order valence-electron chi connectivity index (χ3n) is 3.87. The monoisotopic (exact) mass is 268 g/mol. The van der Waals surface area contributed by atoms with E-state index in [1.54, 1.807) is 0 Å². The van der Waals surface area contributed by atoms with Gasteiger partial charge >= 0.3 is 0 Å². The SMILES string of the molecule is C/C(S)=C/c1c2c(c3ccccc3c1C)C(=O)CC2. The van der Waals surface area contributed by atoms with Crippen molar-refractivity contribution in [2.75, 3.05) is 0 Å². The van der Waals surface area contributed by atoms with Gasteiger partial charge in [0.05, 0.1) is 0 Å². The number of allylic oxidation sites excluding steroid dienone is 1. The van der Waals surface area contributed by atoms with E-state index in [1.165, 1.54) is 22.1 Å². The lowest BCUT2D eigenvalue weighted by molar-refractivity contribution is 0.0996. The number of benzene rings is 2. The zero-order valence-electron chi connectivity index (χ0n) is 11.2. The highest BCUT2D eigenvalue weighted by molar-refractivity contribution is 7.84. The lowest BCUT2D eigenvalue weighted by Crippen LogP contribution is -1.98. The lowest BCUT2D eigenvalue weighted by atomic mass is 9.90. The molecule has 0 amide bonds. The van der Waals surface area contributed by atoms with E-state index in [-0.39, 0.29) is 5.78 Å². The van der Waals surface area contributed by atoms with Crippen LogP contribution >= 0.6 is 12.6 Å². The minimum atomic E-state index is 0.276. The summed E-state index contributed by atoms with van der Waals surface area (Å²) in [6.45, 7) is 4.11. The molecule has 0 spiro atoms. The fraction of sp³-hybridized carbons (Fsp3) is 0.235. The van der Waals surface area contributed by atoms with Crippen molar-refractivity contribution in [1.82, 2.24) is 0 Å². The number of hydrogen-bond acceptors (Lipinski definition) is 2. The van der Waals surface area contributed by atoms with Crippen molar-refractivity contribution in [1.29, 1.82) is 0 Å². The van der Waals surface area contributed by atoms with Crippen LogP contribution in [0.4, 0.5) is 0 Å². The average Bonchev–Trinajstić information content (AvgIpc) is 2.76. The molecule has 0 unspecified atom stereocenters. The van der Waals surface area contributed by atoms with E-state index >= 15 is 0 Å². The summed E-state index contributed by atoms with van der Waals surface area (Å²) in [6, 6.07) is 8.20. The molecule has 0 bridgehead atoms. The van der Waals surface area contributed by atoms with Gasteiger partial charge in [0, 0.05) is 12.0 Å². The van der Waals surface area contributed by atoms with Gasteiger partial charge in [0.25, 0.3) is 0 Å². The Hall–Kier alpha value is -1.54. The molecule has 1 aliphatic rings. The predicted molar refractivity (Wildman–Crippen MR) is 84.0 cm³/mol. The molecule has 19 heavy (non-hydrogen) atoms. The molecule has 2 aromatic rings. The summed E-state index contributed by atoms with van der Waals surface area (Å²) in [7, 11) is 0. The van der Waals surface area contributed by atoms with Gasteiger partial charge in [-0.3, -0.25) is 4.79 Å². The van der Waals surface area contributed by atoms with E-state index in [1.807, 2.05) is 19.1 Å². The molecule has 1 nitrogen and oxygen atoms in total. The number of ketones is 1. The summed E-state index contributed by atoms with van der Waals surface area (Å²) in [5, 5.41) is 2.28. The first kappa shape index (κ1) is 12.5. The molecule has 0 saturated carbocycles. The van der Waals surface area contributed by atoms with Crippen LogP contribution in [0.1, 0.15) is 40.4 Å². The van der Waals surface area contributed by atoms with Crippen LogP contribution in [0.3, 0.4) is 0 Å². The maximum Gasteiger partial charge on any atom is 0.164 e. The van der Waals surface area contributed by atoms with Crippen LogP contribution in [-0.4, -0.2) is 5.78 Å². The van der Waals surface area contributed by atoms with Crippen molar-refractivity contribution in [3.63, 3.8) is 0 Å². The molecule has 0 fully saturated rings. The summed E-state index contributed by atoms with van der Waals surface area (Å²) in [4.78, 5) is 13.2. The quantitative estimate of drug-likeness (QED) is 0.750. The Morgan fingerprint density at radius 3 is 2.58 bits per heavy atom. The van der Waals surface area contributed by atoms with Gasteiger partial charge in [-0.1, -0.05) is 24.3 Å². The molecule has 2 heteroatoms. The Kier molecular flexibility index (Phi) is 2.98. The molecular formula is C17H16OS. The van der Waals surface area contributed by atoms with Gasteiger partial charge in [-0.05, 0) is 58.7 Å². The lowest BCUT2D eigenvalue weighted by Gasteiger charge is -2.13. The van der Waals surface area contributed by atoms with Gasteiger partial charge in [0.2, 0.25) is 0 Å². The molecule has 0 N–H and O–H groups in total. The maximum atomic E-state index is 12.2. The van der Waals surface area contributed by atoms with Gasteiger partial charge in [0.1, 0.15) is 0 Å².